The third-order valence-corrected chi connectivity index (χ3v) is 3.27. The van der Waals surface area contributed by atoms with Crippen LogP contribution in [0, 0.1) is 5.82 Å². The Labute approximate surface area is 124 Å². The highest BCUT2D eigenvalue weighted by molar-refractivity contribution is 6.31. The van der Waals surface area contributed by atoms with Crippen molar-refractivity contribution in [1.82, 2.24) is 9.97 Å². The van der Waals surface area contributed by atoms with Gasteiger partial charge >= 0.3 is 0 Å². The second-order valence-electron chi connectivity index (χ2n) is 4.51. The highest BCUT2D eigenvalue weighted by Gasteiger charge is 2.05. The van der Waals surface area contributed by atoms with Crippen molar-refractivity contribution in [3.63, 3.8) is 0 Å². The molecule has 0 aliphatic rings. The summed E-state index contributed by atoms with van der Waals surface area (Å²) in [6, 6.07) is 11.2. The zero-order valence-corrected chi connectivity index (χ0v) is 11.6. The highest BCUT2D eigenvalue weighted by atomic mass is 35.5. The van der Waals surface area contributed by atoms with Gasteiger partial charge in [0.15, 0.2) is 0 Å². The van der Waals surface area contributed by atoms with Crippen LogP contribution < -0.4 is 10.9 Å². The monoisotopic (exact) mass is 303 g/mol. The number of nitrogens with one attached hydrogen (secondary N) is 2. The summed E-state index contributed by atoms with van der Waals surface area (Å²) >= 11 is 5.90. The number of hydrogen-bond donors (Lipinski definition) is 2. The molecule has 0 radical (unpaired) electrons. The zero-order chi connectivity index (χ0) is 14.8. The van der Waals surface area contributed by atoms with Crippen LogP contribution in [0.1, 0.15) is 5.82 Å². The van der Waals surface area contributed by atoms with Crippen LogP contribution in [0.3, 0.4) is 0 Å². The van der Waals surface area contributed by atoms with E-state index in [1.165, 1.54) is 6.07 Å². The number of anilines is 1. The topological polar surface area (TPSA) is 57.8 Å². The van der Waals surface area contributed by atoms with Crippen LogP contribution >= 0.6 is 11.6 Å². The fraction of sp³-hybridized carbons (Fsp3) is 0.0667. The van der Waals surface area contributed by atoms with Crippen molar-refractivity contribution < 1.29 is 4.39 Å². The van der Waals surface area contributed by atoms with Gasteiger partial charge in [0.1, 0.15) is 11.6 Å². The second kappa shape index (κ2) is 5.54. The third kappa shape index (κ3) is 2.87. The Kier molecular flexibility index (Phi) is 3.58. The standard InChI is InChI=1S/C15H11ClFN3O/c16-9-5-6-10-13(7-9)19-14(20-15(10)21)8-18-12-4-2-1-3-11(12)17/h1-7,18H,8H2,(H,19,20,21). The number of H-pyrrole nitrogens is 1. The van der Waals surface area contributed by atoms with Gasteiger partial charge in [-0.15, -0.1) is 0 Å². The lowest BCUT2D eigenvalue weighted by Crippen LogP contribution is -2.14. The number of halogens is 2. The van der Waals surface area contributed by atoms with Crippen molar-refractivity contribution in [2.75, 3.05) is 5.32 Å². The maximum absolute atomic E-state index is 13.5. The second-order valence-corrected chi connectivity index (χ2v) is 4.94. The first kappa shape index (κ1) is 13.6. The minimum Gasteiger partial charge on any atom is -0.375 e. The minimum atomic E-state index is -0.358. The van der Waals surface area contributed by atoms with Gasteiger partial charge in [0, 0.05) is 5.02 Å². The van der Waals surface area contributed by atoms with E-state index in [2.05, 4.69) is 15.3 Å². The molecule has 0 saturated heterocycles. The largest absolute Gasteiger partial charge is 0.375 e. The molecule has 0 spiro atoms. The smallest absolute Gasteiger partial charge is 0.258 e. The van der Waals surface area contributed by atoms with Gasteiger partial charge in [-0.2, -0.15) is 0 Å². The minimum absolute atomic E-state index is 0.207. The van der Waals surface area contributed by atoms with E-state index in [0.29, 0.717) is 27.4 Å². The van der Waals surface area contributed by atoms with E-state index >= 15 is 0 Å². The molecular formula is C15H11ClFN3O. The van der Waals surface area contributed by atoms with Gasteiger partial charge in [0.05, 0.1) is 23.1 Å². The average molecular weight is 304 g/mol. The van der Waals surface area contributed by atoms with Gasteiger partial charge in [-0.25, -0.2) is 9.37 Å². The molecule has 1 heterocycles. The number of aromatic nitrogens is 2. The molecule has 106 valence electrons. The maximum Gasteiger partial charge on any atom is 0.258 e. The summed E-state index contributed by atoms with van der Waals surface area (Å²) in [5.41, 5.74) is 0.616. The number of rotatable bonds is 3. The molecule has 0 saturated carbocycles. The van der Waals surface area contributed by atoms with Crippen LogP contribution in [-0.4, -0.2) is 9.97 Å². The molecule has 0 atom stereocenters. The molecule has 3 aromatic rings. The van der Waals surface area contributed by atoms with Crippen LogP contribution in [0.15, 0.2) is 47.3 Å². The predicted molar refractivity (Wildman–Crippen MR) is 81.1 cm³/mol. The quantitative estimate of drug-likeness (QED) is 0.780. The van der Waals surface area contributed by atoms with E-state index in [1.807, 2.05) is 0 Å². The van der Waals surface area contributed by atoms with Crippen LogP contribution in [0.25, 0.3) is 10.9 Å². The first-order valence-corrected chi connectivity index (χ1v) is 6.68. The first-order valence-electron chi connectivity index (χ1n) is 6.30. The molecule has 2 aromatic carbocycles. The van der Waals surface area contributed by atoms with Crippen molar-refractivity contribution in [1.29, 1.82) is 0 Å². The number of benzene rings is 2. The number of para-hydroxylation sites is 1. The zero-order valence-electron chi connectivity index (χ0n) is 10.9. The fourth-order valence-electron chi connectivity index (χ4n) is 2.03. The molecule has 3 rings (SSSR count). The Morgan fingerprint density at radius 3 is 2.86 bits per heavy atom. The Morgan fingerprint density at radius 1 is 1.24 bits per heavy atom. The summed E-state index contributed by atoms with van der Waals surface area (Å²) in [7, 11) is 0. The molecule has 21 heavy (non-hydrogen) atoms. The number of nitrogens with zero attached hydrogens (tertiary/aromatic N) is 1. The number of hydrogen-bond acceptors (Lipinski definition) is 3. The van der Waals surface area contributed by atoms with Crippen molar-refractivity contribution in [3.8, 4) is 0 Å². The van der Waals surface area contributed by atoms with Gasteiger partial charge in [-0.1, -0.05) is 23.7 Å². The highest BCUT2D eigenvalue weighted by Crippen LogP contribution is 2.16. The summed E-state index contributed by atoms with van der Waals surface area (Å²) in [5.74, 6) is 0.0571. The Hall–Kier alpha value is -2.40. The van der Waals surface area contributed by atoms with E-state index in [1.54, 1.807) is 36.4 Å². The van der Waals surface area contributed by atoms with Crippen molar-refractivity contribution >= 4 is 28.2 Å². The molecule has 0 bridgehead atoms. The fourth-order valence-corrected chi connectivity index (χ4v) is 2.19. The van der Waals surface area contributed by atoms with Gasteiger partial charge < -0.3 is 10.3 Å². The SMILES string of the molecule is O=c1[nH]c(CNc2ccccc2F)nc2cc(Cl)ccc12. The molecule has 0 aliphatic heterocycles. The molecule has 4 nitrogen and oxygen atoms in total. The van der Waals surface area contributed by atoms with E-state index in [4.69, 9.17) is 11.6 Å². The van der Waals surface area contributed by atoms with E-state index in [9.17, 15) is 9.18 Å². The van der Waals surface area contributed by atoms with E-state index in [0.717, 1.165) is 0 Å². The summed E-state index contributed by atoms with van der Waals surface area (Å²) in [6.45, 7) is 0.207. The molecule has 2 N–H and O–H groups in total. The normalized spacial score (nSPS) is 10.8. The van der Waals surface area contributed by atoms with Gasteiger partial charge in [0.2, 0.25) is 0 Å². The summed E-state index contributed by atoms with van der Waals surface area (Å²) in [4.78, 5) is 18.9. The van der Waals surface area contributed by atoms with Crippen LogP contribution in [0.4, 0.5) is 10.1 Å². The predicted octanol–water partition coefficient (Wildman–Crippen LogP) is 3.33. The molecule has 0 amide bonds. The summed E-state index contributed by atoms with van der Waals surface area (Å²) in [6.07, 6.45) is 0. The molecule has 6 heteroatoms. The van der Waals surface area contributed by atoms with Crippen molar-refractivity contribution in [2.45, 2.75) is 6.54 Å². The molecule has 0 unspecified atom stereocenters. The molecular weight excluding hydrogens is 293 g/mol. The Bertz CT molecular complexity index is 863. The molecule has 0 aliphatic carbocycles. The number of aromatic amines is 1. The lowest BCUT2D eigenvalue weighted by Gasteiger charge is -2.07. The Morgan fingerprint density at radius 2 is 2.05 bits per heavy atom. The lowest BCUT2D eigenvalue weighted by atomic mass is 10.2. The van der Waals surface area contributed by atoms with E-state index in [-0.39, 0.29) is 17.9 Å². The summed E-state index contributed by atoms with van der Waals surface area (Å²) in [5, 5.41) is 3.87. The van der Waals surface area contributed by atoms with Crippen LogP contribution in [0.5, 0.6) is 0 Å². The van der Waals surface area contributed by atoms with Gasteiger partial charge in [0.25, 0.3) is 5.56 Å². The number of fused-ring (bicyclic) bond motifs is 1. The van der Waals surface area contributed by atoms with Crippen LogP contribution in [-0.2, 0) is 6.54 Å². The van der Waals surface area contributed by atoms with Crippen LogP contribution in [0.2, 0.25) is 5.02 Å². The van der Waals surface area contributed by atoms with E-state index < -0.39 is 0 Å². The molecule has 0 fully saturated rings. The lowest BCUT2D eigenvalue weighted by molar-refractivity contribution is 0.630. The maximum atomic E-state index is 13.5. The van der Waals surface area contributed by atoms with Gasteiger partial charge in [-0.05, 0) is 30.3 Å². The van der Waals surface area contributed by atoms with Crippen molar-refractivity contribution in [2.24, 2.45) is 0 Å². The first-order chi connectivity index (χ1) is 10.1. The van der Waals surface area contributed by atoms with Gasteiger partial charge in [-0.3, -0.25) is 4.79 Å². The molecule has 1 aromatic heterocycles. The third-order valence-electron chi connectivity index (χ3n) is 3.04. The Balaban J connectivity index is 1.91. The summed E-state index contributed by atoms with van der Waals surface area (Å²) < 4.78 is 13.5. The van der Waals surface area contributed by atoms with Crippen molar-refractivity contribution in [3.05, 3.63) is 69.5 Å². The average Bonchev–Trinajstić information content (AvgIpc) is 2.46.